The van der Waals surface area contributed by atoms with E-state index in [4.69, 9.17) is 14.2 Å². The first-order valence-corrected chi connectivity index (χ1v) is 15.4. The van der Waals surface area contributed by atoms with Gasteiger partial charge in [-0.25, -0.2) is 4.79 Å². The summed E-state index contributed by atoms with van der Waals surface area (Å²) in [5.41, 5.74) is 4.39. The molecule has 2 aliphatic rings. The summed E-state index contributed by atoms with van der Waals surface area (Å²) in [4.78, 5) is 14.8. The molecule has 4 aromatic rings. The highest BCUT2D eigenvalue weighted by Crippen LogP contribution is 2.38. The van der Waals surface area contributed by atoms with Gasteiger partial charge in [0.1, 0.15) is 11.5 Å². The minimum absolute atomic E-state index is 0.00195. The van der Waals surface area contributed by atoms with Crippen LogP contribution in [0.5, 0.6) is 11.5 Å². The van der Waals surface area contributed by atoms with E-state index in [0.29, 0.717) is 30.9 Å². The number of urea groups is 1. The first-order chi connectivity index (χ1) is 22.0. The number of carbonyl (C=O) groups excluding carboxylic acids is 1. The molecule has 0 spiro atoms. The summed E-state index contributed by atoms with van der Waals surface area (Å²) in [6.07, 6.45) is 0.395. The second-order valence-electron chi connectivity index (χ2n) is 11.5. The monoisotopic (exact) mass is 609 g/mol. The van der Waals surface area contributed by atoms with Gasteiger partial charge in [0, 0.05) is 43.9 Å². The number of aliphatic hydroxyl groups is 2. The number of hydrogen-bond acceptors (Lipinski definition) is 7. The minimum Gasteiger partial charge on any atom is -0.457 e. The average Bonchev–Trinajstić information content (AvgIpc) is 3.49. The minimum atomic E-state index is -0.557. The zero-order chi connectivity index (χ0) is 31.0. The number of nitrogens with one attached hydrogen (secondary N) is 2. The number of ether oxygens (including phenoxy) is 3. The van der Waals surface area contributed by atoms with E-state index in [1.165, 1.54) is 0 Å². The maximum Gasteiger partial charge on any atom is 0.319 e. The second-order valence-corrected chi connectivity index (χ2v) is 11.5. The van der Waals surface area contributed by atoms with E-state index in [1.54, 1.807) is 12.1 Å². The fraction of sp³-hybridized carbons (Fsp3) is 0.306. The maximum atomic E-state index is 12.6. The fourth-order valence-corrected chi connectivity index (χ4v) is 5.68. The molecular weight excluding hydrogens is 570 g/mol. The Hall–Kier alpha value is -4.25. The van der Waals surface area contributed by atoms with Crippen molar-refractivity contribution in [3.8, 4) is 11.5 Å². The lowest BCUT2D eigenvalue weighted by atomic mass is 9.99. The number of hydrogen-bond donors (Lipinski definition) is 4. The van der Waals surface area contributed by atoms with Crippen LogP contribution in [0.4, 0.5) is 10.5 Å². The SMILES string of the molecule is O=C(NCc1ccc(C2OC(CN3CCC(O)C3)CC(c3ccc(CO)cc3)O2)cc1)Nc1ccc(Oc2ccccc2)cc1. The van der Waals surface area contributed by atoms with Crippen LogP contribution in [-0.4, -0.2) is 53.0 Å². The molecule has 2 saturated heterocycles. The zero-order valence-corrected chi connectivity index (χ0v) is 25.0. The third-order valence-corrected chi connectivity index (χ3v) is 8.12. The van der Waals surface area contributed by atoms with Gasteiger partial charge in [-0.3, -0.25) is 4.90 Å². The summed E-state index contributed by atoms with van der Waals surface area (Å²) < 4.78 is 18.7. The van der Waals surface area contributed by atoms with Crippen molar-refractivity contribution in [3.05, 3.63) is 125 Å². The van der Waals surface area contributed by atoms with E-state index < -0.39 is 6.29 Å². The van der Waals surface area contributed by atoms with Crippen LogP contribution < -0.4 is 15.4 Å². The van der Waals surface area contributed by atoms with Gasteiger partial charge in [-0.1, -0.05) is 66.7 Å². The smallest absolute Gasteiger partial charge is 0.319 e. The number of β-amino-alcohol motifs (C(OH)–C–C–N with tert-alkyl or cyclic N) is 1. The van der Waals surface area contributed by atoms with E-state index in [-0.39, 0.29) is 30.9 Å². The molecule has 6 rings (SSSR count). The topological polar surface area (TPSA) is 113 Å². The quantitative estimate of drug-likeness (QED) is 0.177. The Morgan fingerprint density at radius 1 is 0.844 bits per heavy atom. The molecule has 4 atom stereocenters. The normalized spacial score (nSPS) is 21.7. The number of amides is 2. The van der Waals surface area contributed by atoms with E-state index in [0.717, 1.165) is 47.5 Å². The fourth-order valence-electron chi connectivity index (χ4n) is 5.68. The Kier molecular flexibility index (Phi) is 10.0. The number of para-hydroxylation sites is 1. The lowest BCUT2D eigenvalue weighted by Gasteiger charge is -2.37. The van der Waals surface area contributed by atoms with Crippen molar-refractivity contribution in [2.75, 3.05) is 25.0 Å². The molecule has 4 unspecified atom stereocenters. The van der Waals surface area contributed by atoms with Gasteiger partial charge < -0.3 is 35.1 Å². The highest BCUT2D eigenvalue weighted by Gasteiger charge is 2.34. The molecule has 2 heterocycles. The third kappa shape index (κ3) is 8.48. The van der Waals surface area contributed by atoms with Crippen LogP contribution in [0.3, 0.4) is 0 Å². The van der Waals surface area contributed by atoms with Crippen molar-refractivity contribution in [2.24, 2.45) is 0 Å². The van der Waals surface area contributed by atoms with Gasteiger partial charge in [0.15, 0.2) is 6.29 Å². The molecule has 9 heteroatoms. The molecule has 0 bridgehead atoms. The van der Waals surface area contributed by atoms with Crippen LogP contribution in [0.25, 0.3) is 0 Å². The standard InChI is InChI=1S/C36H39N3O6/c40-24-26-8-10-27(11-9-26)34-20-33(23-39-19-18-30(41)22-39)44-35(45-34)28-12-6-25(7-13-28)21-37-36(42)38-29-14-16-32(17-15-29)43-31-4-2-1-3-5-31/h1-17,30,33-35,40-41H,18-24H2,(H2,37,38,42). The van der Waals surface area contributed by atoms with Crippen LogP contribution in [0.1, 0.15) is 47.5 Å². The van der Waals surface area contributed by atoms with Crippen molar-refractivity contribution >= 4 is 11.7 Å². The summed E-state index contributed by atoms with van der Waals surface area (Å²) in [7, 11) is 0. The number of likely N-dealkylation sites (tertiary alicyclic amines) is 1. The van der Waals surface area contributed by atoms with Gasteiger partial charge in [-0.2, -0.15) is 0 Å². The van der Waals surface area contributed by atoms with Crippen molar-refractivity contribution in [3.63, 3.8) is 0 Å². The molecule has 45 heavy (non-hydrogen) atoms. The summed E-state index contributed by atoms with van der Waals surface area (Å²) in [6, 6.07) is 32.1. The zero-order valence-electron chi connectivity index (χ0n) is 25.0. The van der Waals surface area contributed by atoms with Crippen LogP contribution in [-0.2, 0) is 22.6 Å². The number of carbonyl (C=O) groups is 1. The molecule has 0 aliphatic carbocycles. The molecule has 234 valence electrons. The second kappa shape index (κ2) is 14.7. The number of benzene rings is 4. The third-order valence-electron chi connectivity index (χ3n) is 8.12. The highest BCUT2D eigenvalue weighted by molar-refractivity contribution is 5.89. The summed E-state index contributed by atoms with van der Waals surface area (Å²) in [5, 5.41) is 25.2. The van der Waals surface area contributed by atoms with Gasteiger partial charge in [-0.05, 0) is 59.5 Å². The molecule has 2 amide bonds. The first kappa shape index (κ1) is 30.8. The van der Waals surface area contributed by atoms with Crippen LogP contribution in [0, 0.1) is 0 Å². The average molecular weight is 610 g/mol. The lowest BCUT2D eigenvalue weighted by molar-refractivity contribution is -0.252. The van der Waals surface area contributed by atoms with Gasteiger partial charge in [-0.15, -0.1) is 0 Å². The molecule has 9 nitrogen and oxygen atoms in total. The molecule has 2 fully saturated rings. The number of nitrogens with zero attached hydrogens (tertiary/aromatic N) is 1. The predicted molar refractivity (Wildman–Crippen MR) is 171 cm³/mol. The van der Waals surface area contributed by atoms with E-state index >= 15 is 0 Å². The molecule has 2 aliphatic heterocycles. The lowest BCUT2D eigenvalue weighted by Crippen LogP contribution is -2.38. The van der Waals surface area contributed by atoms with Crippen molar-refractivity contribution < 1.29 is 29.2 Å². The summed E-state index contributed by atoms with van der Waals surface area (Å²) >= 11 is 0. The molecule has 0 saturated carbocycles. The van der Waals surface area contributed by atoms with Gasteiger partial charge in [0.2, 0.25) is 0 Å². The van der Waals surface area contributed by atoms with Gasteiger partial charge >= 0.3 is 6.03 Å². The Balaban J connectivity index is 1.04. The van der Waals surface area contributed by atoms with Gasteiger partial charge in [0.05, 0.1) is 24.9 Å². The molecule has 0 aromatic heterocycles. The summed E-state index contributed by atoms with van der Waals surface area (Å²) in [5.74, 6) is 1.44. The summed E-state index contributed by atoms with van der Waals surface area (Å²) in [6.45, 7) is 2.59. The largest absolute Gasteiger partial charge is 0.457 e. The van der Waals surface area contributed by atoms with Crippen LogP contribution >= 0.6 is 0 Å². The Morgan fingerprint density at radius 3 is 2.22 bits per heavy atom. The number of aliphatic hydroxyl groups excluding tert-OH is 2. The number of anilines is 1. The van der Waals surface area contributed by atoms with Crippen molar-refractivity contribution in [1.29, 1.82) is 0 Å². The van der Waals surface area contributed by atoms with Crippen molar-refractivity contribution in [2.45, 2.75) is 50.6 Å². The highest BCUT2D eigenvalue weighted by atomic mass is 16.7. The Morgan fingerprint density at radius 2 is 1.53 bits per heavy atom. The molecular formula is C36H39N3O6. The molecule has 0 radical (unpaired) electrons. The Bertz CT molecular complexity index is 1520. The van der Waals surface area contributed by atoms with E-state index in [2.05, 4.69) is 15.5 Å². The Labute approximate surface area is 263 Å². The number of rotatable bonds is 10. The predicted octanol–water partition coefficient (Wildman–Crippen LogP) is 5.90. The van der Waals surface area contributed by atoms with E-state index in [9.17, 15) is 15.0 Å². The van der Waals surface area contributed by atoms with E-state index in [1.807, 2.05) is 91.0 Å². The first-order valence-electron chi connectivity index (χ1n) is 15.4. The maximum absolute atomic E-state index is 12.6. The van der Waals surface area contributed by atoms with Crippen molar-refractivity contribution in [1.82, 2.24) is 10.2 Å². The van der Waals surface area contributed by atoms with Crippen LogP contribution in [0.2, 0.25) is 0 Å². The molecule has 4 aromatic carbocycles. The molecule has 4 N–H and O–H groups in total. The van der Waals surface area contributed by atoms with Crippen LogP contribution in [0.15, 0.2) is 103 Å². The van der Waals surface area contributed by atoms with Gasteiger partial charge in [0.25, 0.3) is 0 Å².